The smallest absolute Gasteiger partial charge is 0.269 e. The molecule has 118 valence electrons. The molecule has 0 aromatic heterocycles. The average molecular weight is 283 g/mol. The van der Waals surface area contributed by atoms with Crippen molar-refractivity contribution in [3.05, 3.63) is 12.7 Å². The summed E-state index contributed by atoms with van der Waals surface area (Å²) in [7, 11) is 0. The number of rotatable bonds is 13. The molecular weight excluding hydrogens is 250 g/mol. The molecule has 0 aliphatic carbocycles. The number of amides is 1. The molecule has 0 spiro atoms. The minimum absolute atomic E-state index is 0.131. The van der Waals surface area contributed by atoms with Crippen LogP contribution in [-0.2, 0) is 9.63 Å². The molecular formula is C17H33NO2. The second kappa shape index (κ2) is 13.2. The number of hydroxylamine groups is 2. The van der Waals surface area contributed by atoms with E-state index in [1.807, 2.05) is 0 Å². The van der Waals surface area contributed by atoms with Gasteiger partial charge in [-0.2, -0.15) is 0 Å². The van der Waals surface area contributed by atoms with E-state index in [-0.39, 0.29) is 5.91 Å². The van der Waals surface area contributed by atoms with Gasteiger partial charge in [-0.25, -0.2) is 5.06 Å². The Kier molecular flexibility index (Phi) is 12.6. The first kappa shape index (κ1) is 19.2. The van der Waals surface area contributed by atoms with Crippen LogP contribution in [0.1, 0.15) is 72.1 Å². The van der Waals surface area contributed by atoms with Gasteiger partial charge in [0.25, 0.3) is 5.91 Å². The molecule has 0 aromatic rings. The van der Waals surface area contributed by atoms with Crippen LogP contribution >= 0.6 is 0 Å². The minimum Gasteiger partial charge on any atom is -0.270 e. The lowest BCUT2D eigenvalue weighted by molar-refractivity contribution is -0.185. The molecule has 3 heteroatoms. The van der Waals surface area contributed by atoms with Crippen LogP contribution in [0.15, 0.2) is 12.7 Å². The monoisotopic (exact) mass is 283 g/mol. The van der Waals surface area contributed by atoms with Crippen molar-refractivity contribution >= 4 is 5.91 Å². The Labute approximate surface area is 125 Å². The maximum absolute atomic E-state index is 11.6. The zero-order valence-corrected chi connectivity index (χ0v) is 13.7. The molecule has 0 fully saturated rings. The molecule has 0 rings (SSSR count). The Morgan fingerprint density at radius 1 is 1.10 bits per heavy atom. The van der Waals surface area contributed by atoms with Gasteiger partial charge in [0.05, 0.1) is 6.61 Å². The van der Waals surface area contributed by atoms with E-state index in [1.165, 1.54) is 49.7 Å². The van der Waals surface area contributed by atoms with E-state index in [9.17, 15) is 4.79 Å². The molecule has 20 heavy (non-hydrogen) atoms. The van der Waals surface area contributed by atoms with E-state index in [0.717, 1.165) is 12.8 Å². The fourth-order valence-corrected chi connectivity index (χ4v) is 1.97. The Bertz CT molecular complexity index is 251. The summed E-state index contributed by atoms with van der Waals surface area (Å²) in [5.74, 6) is 0.294. The first-order valence-corrected chi connectivity index (χ1v) is 8.18. The lowest BCUT2D eigenvalue weighted by Crippen LogP contribution is -2.32. The molecule has 3 nitrogen and oxygen atoms in total. The third kappa shape index (κ3) is 11.0. The minimum atomic E-state index is -0.131. The van der Waals surface area contributed by atoms with Gasteiger partial charge >= 0.3 is 0 Å². The maximum Gasteiger partial charge on any atom is 0.269 e. The molecule has 0 unspecified atom stereocenters. The Balaban J connectivity index is 3.68. The number of nitrogens with zero attached hydrogens (tertiary/aromatic N) is 1. The number of hydrogen-bond acceptors (Lipinski definition) is 2. The predicted octanol–water partition coefficient (Wildman–Crippen LogP) is 4.73. The maximum atomic E-state index is 11.6. The largest absolute Gasteiger partial charge is 0.270 e. The SMILES string of the molecule is C=CC(=O)N(CCCCCCCCCC)OCC(C)C. The molecule has 1 amide bonds. The van der Waals surface area contributed by atoms with Crippen LogP contribution in [0, 0.1) is 5.92 Å². The summed E-state index contributed by atoms with van der Waals surface area (Å²) in [6, 6.07) is 0. The summed E-state index contributed by atoms with van der Waals surface area (Å²) in [5, 5.41) is 1.46. The van der Waals surface area contributed by atoms with E-state index in [1.54, 1.807) is 0 Å². The summed E-state index contributed by atoms with van der Waals surface area (Å²) in [6.07, 6.45) is 11.4. The lowest BCUT2D eigenvalue weighted by atomic mass is 10.1. The zero-order valence-electron chi connectivity index (χ0n) is 13.7. The van der Waals surface area contributed by atoms with E-state index < -0.39 is 0 Å². The van der Waals surface area contributed by atoms with Crippen molar-refractivity contribution < 1.29 is 9.63 Å². The summed E-state index contributed by atoms with van der Waals surface area (Å²) in [4.78, 5) is 17.2. The van der Waals surface area contributed by atoms with E-state index in [4.69, 9.17) is 4.84 Å². The Morgan fingerprint density at radius 2 is 1.65 bits per heavy atom. The van der Waals surface area contributed by atoms with Crippen molar-refractivity contribution in [2.24, 2.45) is 5.92 Å². The molecule has 0 heterocycles. The molecule has 0 radical (unpaired) electrons. The van der Waals surface area contributed by atoms with Crippen LogP contribution < -0.4 is 0 Å². The van der Waals surface area contributed by atoms with Crippen LogP contribution in [-0.4, -0.2) is 24.1 Å². The quantitative estimate of drug-likeness (QED) is 0.278. The summed E-state index contributed by atoms with van der Waals surface area (Å²) >= 11 is 0. The van der Waals surface area contributed by atoms with Gasteiger partial charge in [0, 0.05) is 6.54 Å². The van der Waals surface area contributed by atoms with Gasteiger partial charge in [0.1, 0.15) is 0 Å². The van der Waals surface area contributed by atoms with E-state index >= 15 is 0 Å². The number of carbonyl (C=O) groups excluding carboxylic acids is 1. The molecule has 0 saturated heterocycles. The van der Waals surface area contributed by atoms with Gasteiger partial charge < -0.3 is 0 Å². The molecule has 0 bridgehead atoms. The number of carbonyl (C=O) groups is 1. The Hall–Kier alpha value is -0.830. The fourth-order valence-electron chi connectivity index (χ4n) is 1.97. The highest BCUT2D eigenvalue weighted by atomic mass is 16.7. The number of unbranched alkanes of at least 4 members (excludes halogenated alkanes) is 7. The predicted molar refractivity (Wildman–Crippen MR) is 85.3 cm³/mol. The summed E-state index contributed by atoms with van der Waals surface area (Å²) in [6.45, 7) is 11.2. The van der Waals surface area contributed by atoms with Crippen LogP contribution in [0.4, 0.5) is 0 Å². The number of hydrogen-bond donors (Lipinski definition) is 0. The molecule has 0 aliphatic rings. The zero-order chi connectivity index (χ0) is 15.2. The topological polar surface area (TPSA) is 29.5 Å². The van der Waals surface area contributed by atoms with E-state index in [2.05, 4.69) is 27.4 Å². The van der Waals surface area contributed by atoms with Crippen molar-refractivity contribution in [3.8, 4) is 0 Å². The third-order valence-electron chi connectivity index (χ3n) is 3.20. The van der Waals surface area contributed by atoms with Crippen molar-refractivity contribution in [2.75, 3.05) is 13.2 Å². The van der Waals surface area contributed by atoms with Crippen molar-refractivity contribution in [3.63, 3.8) is 0 Å². The van der Waals surface area contributed by atoms with Crippen LogP contribution in [0.2, 0.25) is 0 Å². The average Bonchev–Trinajstić information content (AvgIpc) is 2.43. The fraction of sp³-hybridized carbons (Fsp3) is 0.824. The first-order valence-electron chi connectivity index (χ1n) is 8.18. The van der Waals surface area contributed by atoms with Crippen molar-refractivity contribution in [2.45, 2.75) is 72.1 Å². The second-order valence-electron chi connectivity index (χ2n) is 5.81. The van der Waals surface area contributed by atoms with Crippen LogP contribution in [0.3, 0.4) is 0 Å². The summed E-state index contributed by atoms with van der Waals surface area (Å²) < 4.78 is 0. The molecule has 0 aromatic carbocycles. The van der Waals surface area contributed by atoms with Crippen molar-refractivity contribution in [1.29, 1.82) is 0 Å². The van der Waals surface area contributed by atoms with Gasteiger partial charge in [-0.05, 0) is 18.4 Å². The molecule has 0 N–H and O–H groups in total. The van der Waals surface area contributed by atoms with Gasteiger partial charge in [0.15, 0.2) is 0 Å². The standard InChI is InChI=1S/C17H33NO2/c1-5-7-8-9-10-11-12-13-14-18(17(19)6-2)20-15-16(3)4/h6,16H,2,5,7-15H2,1,3-4H3. The molecule has 0 saturated carbocycles. The van der Waals surface area contributed by atoms with Gasteiger partial charge in [-0.15, -0.1) is 0 Å². The highest BCUT2D eigenvalue weighted by molar-refractivity contribution is 5.86. The van der Waals surface area contributed by atoms with Gasteiger partial charge in [0.2, 0.25) is 0 Å². The summed E-state index contributed by atoms with van der Waals surface area (Å²) in [5.41, 5.74) is 0. The molecule has 0 aliphatic heterocycles. The van der Waals surface area contributed by atoms with Gasteiger partial charge in [-0.3, -0.25) is 9.63 Å². The first-order chi connectivity index (χ1) is 9.61. The lowest BCUT2D eigenvalue weighted by Gasteiger charge is -2.21. The van der Waals surface area contributed by atoms with Crippen LogP contribution in [0.25, 0.3) is 0 Å². The second-order valence-corrected chi connectivity index (χ2v) is 5.81. The molecule has 0 atom stereocenters. The van der Waals surface area contributed by atoms with E-state index in [0.29, 0.717) is 19.1 Å². The van der Waals surface area contributed by atoms with Crippen molar-refractivity contribution in [1.82, 2.24) is 5.06 Å². The van der Waals surface area contributed by atoms with Crippen LogP contribution in [0.5, 0.6) is 0 Å². The highest BCUT2D eigenvalue weighted by Gasteiger charge is 2.11. The highest BCUT2D eigenvalue weighted by Crippen LogP contribution is 2.09. The third-order valence-corrected chi connectivity index (χ3v) is 3.20. The van der Waals surface area contributed by atoms with Gasteiger partial charge in [-0.1, -0.05) is 72.3 Å². The Morgan fingerprint density at radius 3 is 2.15 bits per heavy atom. The normalized spacial score (nSPS) is 10.8.